The minimum absolute atomic E-state index is 0.244. The van der Waals surface area contributed by atoms with Crippen LogP contribution in [0.1, 0.15) is 76.3 Å². The van der Waals surface area contributed by atoms with Crippen molar-refractivity contribution in [2.24, 2.45) is 0 Å². The van der Waals surface area contributed by atoms with Gasteiger partial charge in [0.15, 0.2) is 0 Å². The molecule has 0 atom stereocenters. The molecule has 0 aliphatic heterocycles. The summed E-state index contributed by atoms with van der Waals surface area (Å²) in [4.78, 5) is 1.54. The number of nitrogens with zero attached hydrogens (tertiary/aromatic N) is 3. The van der Waals surface area contributed by atoms with Crippen LogP contribution >= 0.6 is 0 Å². The Morgan fingerprint density at radius 2 is 1.43 bits per heavy atom. The fourth-order valence-electron chi connectivity index (χ4n) is 3.64. The van der Waals surface area contributed by atoms with Gasteiger partial charge in [0.2, 0.25) is 0 Å². The molecule has 0 unspecified atom stereocenters. The van der Waals surface area contributed by atoms with Gasteiger partial charge in [-0.05, 0) is 54.7 Å². The molecule has 0 fully saturated rings. The third kappa shape index (κ3) is 5.34. The number of phenolic OH excluding ortho intramolecular Hbond substituents is 1. The fourth-order valence-corrected chi connectivity index (χ4v) is 3.64. The maximum absolute atomic E-state index is 10.5. The van der Waals surface area contributed by atoms with Crippen molar-refractivity contribution in [2.75, 3.05) is 0 Å². The van der Waals surface area contributed by atoms with Crippen LogP contribution in [0.3, 0.4) is 0 Å². The van der Waals surface area contributed by atoms with Crippen molar-refractivity contribution in [3.63, 3.8) is 0 Å². The Kier molecular flexibility index (Phi) is 7.46. The normalized spacial score (nSPS) is 11.4. The summed E-state index contributed by atoms with van der Waals surface area (Å²) in [5.74, 6) is 0.244. The zero-order valence-corrected chi connectivity index (χ0v) is 17.3. The van der Waals surface area contributed by atoms with Gasteiger partial charge in [-0.1, -0.05) is 70.9 Å². The van der Waals surface area contributed by atoms with Crippen LogP contribution in [0.2, 0.25) is 0 Å². The van der Waals surface area contributed by atoms with E-state index in [-0.39, 0.29) is 5.75 Å². The van der Waals surface area contributed by atoms with E-state index in [1.807, 2.05) is 18.2 Å². The van der Waals surface area contributed by atoms with Crippen LogP contribution in [0.4, 0.5) is 0 Å². The number of fused-ring (bicyclic) bond motifs is 1. The van der Waals surface area contributed by atoms with E-state index >= 15 is 0 Å². The Hall–Kier alpha value is -2.36. The van der Waals surface area contributed by atoms with Gasteiger partial charge in [0.05, 0.1) is 0 Å². The van der Waals surface area contributed by atoms with Crippen molar-refractivity contribution in [2.45, 2.75) is 78.1 Å². The molecule has 1 N–H and O–H groups in total. The molecule has 0 bridgehead atoms. The molecule has 0 aliphatic rings. The minimum atomic E-state index is 0.244. The zero-order valence-electron chi connectivity index (χ0n) is 17.3. The Morgan fingerprint density at radius 1 is 0.750 bits per heavy atom. The third-order valence-electron chi connectivity index (χ3n) is 5.43. The van der Waals surface area contributed by atoms with Crippen LogP contribution in [-0.2, 0) is 12.8 Å². The lowest BCUT2D eigenvalue weighted by Crippen LogP contribution is -1.99. The topological polar surface area (TPSA) is 50.9 Å². The zero-order chi connectivity index (χ0) is 19.8. The van der Waals surface area contributed by atoms with Crippen LogP contribution in [0.25, 0.3) is 16.7 Å². The lowest BCUT2D eigenvalue weighted by Gasteiger charge is -2.07. The first-order valence-corrected chi connectivity index (χ1v) is 10.9. The average Bonchev–Trinajstić information content (AvgIpc) is 3.12. The molecule has 0 radical (unpaired) electrons. The van der Waals surface area contributed by atoms with Gasteiger partial charge in [-0.2, -0.15) is 0 Å². The minimum Gasteiger partial charge on any atom is -0.506 e. The summed E-state index contributed by atoms with van der Waals surface area (Å²) in [7, 11) is 0. The van der Waals surface area contributed by atoms with Gasteiger partial charge < -0.3 is 5.11 Å². The summed E-state index contributed by atoms with van der Waals surface area (Å²) in [6, 6.07) is 12.0. The number of phenols is 1. The molecular formula is C24H33N3O. The number of benzene rings is 2. The summed E-state index contributed by atoms with van der Waals surface area (Å²) in [6.45, 7) is 4.39. The number of aromatic nitrogens is 3. The van der Waals surface area contributed by atoms with Crippen molar-refractivity contribution in [1.29, 1.82) is 0 Å². The van der Waals surface area contributed by atoms with Crippen LogP contribution in [0.15, 0.2) is 36.4 Å². The highest BCUT2D eigenvalue weighted by molar-refractivity contribution is 5.74. The van der Waals surface area contributed by atoms with E-state index in [2.05, 4.69) is 42.2 Å². The molecule has 0 saturated carbocycles. The van der Waals surface area contributed by atoms with Crippen molar-refractivity contribution in [1.82, 2.24) is 15.0 Å². The molecule has 1 heterocycles. The van der Waals surface area contributed by atoms with Crippen molar-refractivity contribution in [3.8, 4) is 11.4 Å². The summed E-state index contributed by atoms with van der Waals surface area (Å²) in [6.07, 6.45) is 12.5. The van der Waals surface area contributed by atoms with Crippen LogP contribution in [0.5, 0.6) is 5.75 Å². The molecule has 4 heteroatoms. The van der Waals surface area contributed by atoms with Gasteiger partial charge in [0.1, 0.15) is 22.5 Å². The summed E-state index contributed by atoms with van der Waals surface area (Å²) in [5.41, 5.74) is 4.76. The summed E-state index contributed by atoms with van der Waals surface area (Å²) < 4.78 is 0. The van der Waals surface area contributed by atoms with Gasteiger partial charge in [-0.3, -0.25) is 0 Å². The van der Waals surface area contributed by atoms with E-state index in [0.717, 1.165) is 23.9 Å². The molecule has 0 amide bonds. The SMILES string of the molecule is CCCCCCCCCCc1ccc(-n2nc3ccc(CC)cc3n2)c(O)c1. The number of unbranched alkanes of at least 4 members (excludes halogenated alkanes) is 7. The monoisotopic (exact) mass is 379 g/mol. The Balaban J connectivity index is 1.55. The van der Waals surface area contributed by atoms with E-state index in [4.69, 9.17) is 0 Å². The van der Waals surface area contributed by atoms with Gasteiger partial charge in [-0.25, -0.2) is 0 Å². The van der Waals surface area contributed by atoms with Crippen LogP contribution in [0, 0.1) is 0 Å². The lowest BCUT2D eigenvalue weighted by atomic mass is 10.0. The van der Waals surface area contributed by atoms with E-state index in [1.54, 1.807) is 4.80 Å². The van der Waals surface area contributed by atoms with Gasteiger partial charge in [0.25, 0.3) is 0 Å². The fraction of sp³-hybridized carbons (Fsp3) is 0.500. The second kappa shape index (κ2) is 10.3. The van der Waals surface area contributed by atoms with Crippen molar-refractivity contribution in [3.05, 3.63) is 47.5 Å². The molecular weight excluding hydrogens is 346 g/mol. The number of rotatable bonds is 11. The van der Waals surface area contributed by atoms with E-state index in [0.29, 0.717) is 5.69 Å². The van der Waals surface area contributed by atoms with E-state index < -0.39 is 0 Å². The van der Waals surface area contributed by atoms with Crippen molar-refractivity contribution < 1.29 is 5.11 Å². The van der Waals surface area contributed by atoms with Crippen molar-refractivity contribution >= 4 is 11.0 Å². The highest BCUT2D eigenvalue weighted by Gasteiger charge is 2.10. The number of hydrogen-bond donors (Lipinski definition) is 1. The first-order valence-electron chi connectivity index (χ1n) is 10.9. The molecule has 3 aromatic rings. The smallest absolute Gasteiger partial charge is 0.143 e. The van der Waals surface area contributed by atoms with E-state index in [1.165, 1.54) is 62.5 Å². The Labute approximate surface area is 168 Å². The molecule has 150 valence electrons. The predicted molar refractivity (Wildman–Crippen MR) is 116 cm³/mol. The second-order valence-corrected chi connectivity index (χ2v) is 7.71. The van der Waals surface area contributed by atoms with Gasteiger partial charge in [0, 0.05) is 0 Å². The largest absolute Gasteiger partial charge is 0.506 e. The summed E-state index contributed by atoms with van der Waals surface area (Å²) >= 11 is 0. The van der Waals surface area contributed by atoms with Gasteiger partial charge >= 0.3 is 0 Å². The van der Waals surface area contributed by atoms with Gasteiger partial charge in [-0.15, -0.1) is 15.0 Å². The molecule has 4 nitrogen and oxygen atoms in total. The highest BCUT2D eigenvalue weighted by atomic mass is 16.3. The Morgan fingerprint density at radius 3 is 2.14 bits per heavy atom. The summed E-state index contributed by atoms with van der Waals surface area (Å²) in [5, 5.41) is 19.5. The standard InChI is InChI=1S/C24H33N3O/c1-3-5-6-7-8-9-10-11-12-20-14-16-23(24(28)18-20)27-25-21-15-13-19(4-2)17-22(21)26-27/h13-18,28H,3-12H2,1-2H3. The van der Waals surface area contributed by atoms with E-state index in [9.17, 15) is 5.11 Å². The first kappa shape index (κ1) is 20.4. The van der Waals surface area contributed by atoms with Crippen LogP contribution in [-0.4, -0.2) is 20.1 Å². The Bertz CT molecular complexity index is 885. The number of aromatic hydroxyl groups is 1. The van der Waals surface area contributed by atoms with Crippen LogP contribution < -0.4 is 0 Å². The maximum atomic E-state index is 10.5. The number of aryl methyl sites for hydroxylation is 2. The second-order valence-electron chi connectivity index (χ2n) is 7.71. The lowest BCUT2D eigenvalue weighted by molar-refractivity contribution is 0.466. The average molecular weight is 380 g/mol. The maximum Gasteiger partial charge on any atom is 0.143 e. The molecule has 3 rings (SSSR count). The molecule has 0 saturated heterocycles. The first-order chi connectivity index (χ1) is 13.7. The third-order valence-corrected chi connectivity index (χ3v) is 5.43. The highest BCUT2D eigenvalue weighted by Crippen LogP contribution is 2.24. The molecule has 0 spiro atoms. The molecule has 0 aliphatic carbocycles. The predicted octanol–water partition coefficient (Wildman–Crippen LogP) is 6.37. The number of hydrogen-bond acceptors (Lipinski definition) is 3. The molecule has 28 heavy (non-hydrogen) atoms. The molecule has 2 aromatic carbocycles. The molecule has 1 aromatic heterocycles. The quantitative estimate of drug-likeness (QED) is 0.394.